The summed E-state index contributed by atoms with van der Waals surface area (Å²) in [4.78, 5) is 26.9. The Morgan fingerprint density at radius 1 is 0.895 bits per heavy atom. The third kappa shape index (κ3) is 6.54. The standard InChI is InChI=1S/C13H24N2O4/c1-3-18-12(16)5-7-14-9-10-15(11-14)8-6-13(17)19-4-2/h3-11H2,1-2H3. The van der Waals surface area contributed by atoms with Gasteiger partial charge in [0, 0.05) is 26.2 Å². The highest BCUT2D eigenvalue weighted by Gasteiger charge is 2.20. The largest absolute Gasteiger partial charge is 0.466 e. The maximum Gasteiger partial charge on any atom is 0.307 e. The van der Waals surface area contributed by atoms with Gasteiger partial charge in [0.15, 0.2) is 0 Å². The van der Waals surface area contributed by atoms with E-state index < -0.39 is 0 Å². The minimum atomic E-state index is -0.146. The van der Waals surface area contributed by atoms with Crippen molar-refractivity contribution in [1.82, 2.24) is 9.80 Å². The predicted molar refractivity (Wildman–Crippen MR) is 70.5 cm³/mol. The summed E-state index contributed by atoms with van der Waals surface area (Å²) >= 11 is 0. The van der Waals surface area contributed by atoms with E-state index in [9.17, 15) is 9.59 Å². The maximum atomic E-state index is 11.2. The second-order valence-corrected chi connectivity index (χ2v) is 4.49. The summed E-state index contributed by atoms with van der Waals surface area (Å²) in [5.41, 5.74) is 0. The molecule has 0 N–H and O–H groups in total. The SMILES string of the molecule is CCOC(=O)CCN1CCN(CCC(=O)OCC)C1. The van der Waals surface area contributed by atoms with Crippen molar-refractivity contribution in [3.05, 3.63) is 0 Å². The van der Waals surface area contributed by atoms with Crippen LogP contribution in [0.25, 0.3) is 0 Å². The van der Waals surface area contributed by atoms with Crippen molar-refractivity contribution >= 4 is 11.9 Å². The topological polar surface area (TPSA) is 59.1 Å². The Morgan fingerprint density at radius 2 is 1.32 bits per heavy atom. The number of carbonyl (C=O) groups excluding carboxylic acids is 2. The molecule has 0 aromatic heterocycles. The number of hydrogen-bond acceptors (Lipinski definition) is 6. The molecule has 1 rings (SSSR count). The molecule has 1 aliphatic heterocycles. The van der Waals surface area contributed by atoms with E-state index in [1.54, 1.807) is 0 Å². The van der Waals surface area contributed by atoms with Gasteiger partial charge >= 0.3 is 11.9 Å². The van der Waals surface area contributed by atoms with Crippen molar-refractivity contribution in [1.29, 1.82) is 0 Å². The lowest BCUT2D eigenvalue weighted by Gasteiger charge is -2.17. The van der Waals surface area contributed by atoms with Crippen LogP contribution in [-0.2, 0) is 19.1 Å². The molecular formula is C13H24N2O4. The Bertz CT molecular complexity index is 268. The van der Waals surface area contributed by atoms with Crippen molar-refractivity contribution in [2.24, 2.45) is 0 Å². The van der Waals surface area contributed by atoms with E-state index >= 15 is 0 Å². The van der Waals surface area contributed by atoms with E-state index in [4.69, 9.17) is 9.47 Å². The molecule has 1 aliphatic rings. The predicted octanol–water partition coefficient (Wildman–Crippen LogP) is 0.468. The average molecular weight is 272 g/mol. The second-order valence-electron chi connectivity index (χ2n) is 4.49. The first-order valence-corrected chi connectivity index (χ1v) is 6.91. The molecule has 1 fully saturated rings. The van der Waals surface area contributed by atoms with Crippen LogP contribution in [-0.4, -0.2) is 67.8 Å². The van der Waals surface area contributed by atoms with E-state index in [1.165, 1.54) is 0 Å². The number of ether oxygens (including phenoxy) is 2. The zero-order valence-corrected chi connectivity index (χ0v) is 11.9. The minimum Gasteiger partial charge on any atom is -0.466 e. The highest BCUT2D eigenvalue weighted by atomic mass is 16.5. The lowest BCUT2D eigenvalue weighted by molar-refractivity contribution is -0.144. The first kappa shape index (κ1) is 15.9. The molecule has 0 bridgehead atoms. The third-order valence-corrected chi connectivity index (χ3v) is 3.01. The number of esters is 2. The molecule has 0 aromatic rings. The van der Waals surface area contributed by atoms with Gasteiger partial charge in [0.05, 0.1) is 32.7 Å². The molecule has 6 heteroatoms. The highest BCUT2D eigenvalue weighted by molar-refractivity contribution is 5.69. The lowest BCUT2D eigenvalue weighted by atomic mass is 10.4. The number of rotatable bonds is 8. The summed E-state index contributed by atoms with van der Waals surface area (Å²) in [6, 6.07) is 0. The van der Waals surface area contributed by atoms with Gasteiger partial charge < -0.3 is 9.47 Å². The van der Waals surface area contributed by atoms with Crippen LogP contribution in [0.5, 0.6) is 0 Å². The Morgan fingerprint density at radius 3 is 1.68 bits per heavy atom. The fraction of sp³-hybridized carbons (Fsp3) is 0.846. The van der Waals surface area contributed by atoms with Gasteiger partial charge in [-0.05, 0) is 13.8 Å². The molecule has 0 aliphatic carbocycles. The van der Waals surface area contributed by atoms with Crippen LogP contribution in [0.2, 0.25) is 0 Å². The van der Waals surface area contributed by atoms with Gasteiger partial charge in [-0.25, -0.2) is 0 Å². The molecule has 0 amide bonds. The molecule has 0 saturated carbocycles. The van der Waals surface area contributed by atoms with Crippen LogP contribution < -0.4 is 0 Å². The molecule has 0 aromatic carbocycles. The number of nitrogens with zero attached hydrogens (tertiary/aromatic N) is 2. The first-order valence-electron chi connectivity index (χ1n) is 6.91. The van der Waals surface area contributed by atoms with Crippen molar-refractivity contribution in [3.8, 4) is 0 Å². The molecule has 110 valence electrons. The molecule has 0 spiro atoms. The summed E-state index contributed by atoms with van der Waals surface area (Å²) in [5, 5.41) is 0. The molecule has 0 unspecified atom stereocenters. The van der Waals surface area contributed by atoms with Crippen molar-refractivity contribution in [2.45, 2.75) is 26.7 Å². The smallest absolute Gasteiger partial charge is 0.307 e. The van der Waals surface area contributed by atoms with Gasteiger partial charge in [-0.3, -0.25) is 19.4 Å². The fourth-order valence-electron chi connectivity index (χ4n) is 2.04. The zero-order valence-electron chi connectivity index (χ0n) is 11.9. The van der Waals surface area contributed by atoms with Crippen molar-refractivity contribution < 1.29 is 19.1 Å². The van der Waals surface area contributed by atoms with E-state index in [1.807, 2.05) is 13.8 Å². The van der Waals surface area contributed by atoms with Crippen LogP contribution in [0.1, 0.15) is 26.7 Å². The Kier molecular flexibility index (Phi) is 7.43. The summed E-state index contributed by atoms with van der Waals surface area (Å²) < 4.78 is 9.79. The quantitative estimate of drug-likeness (QED) is 0.599. The van der Waals surface area contributed by atoms with Gasteiger partial charge in [-0.2, -0.15) is 0 Å². The number of carbonyl (C=O) groups is 2. The monoisotopic (exact) mass is 272 g/mol. The second kappa shape index (κ2) is 8.87. The molecule has 1 saturated heterocycles. The van der Waals surface area contributed by atoms with Crippen LogP contribution >= 0.6 is 0 Å². The van der Waals surface area contributed by atoms with Gasteiger partial charge in [-0.15, -0.1) is 0 Å². The maximum absolute atomic E-state index is 11.2. The normalized spacial score (nSPS) is 16.5. The Hall–Kier alpha value is -1.14. The third-order valence-electron chi connectivity index (χ3n) is 3.01. The van der Waals surface area contributed by atoms with E-state index in [2.05, 4.69) is 9.80 Å². The van der Waals surface area contributed by atoms with E-state index in [0.29, 0.717) is 26.1 Å². The first-order chi connectivity index (χ1) is 9.15. The van der Waals surface area contributed by atoms with Crippen LogP contribution in [0.3, 0.4) is 0 Å². The lowest BCUT2D eigenvalue weighted by Crippen LogP contribution is -2.29. The molecule has 0 atom stereocenters. The van der Waals surface area contributed by atoms with Crippen LogP contribution in [0.15, 0.2) is 0 Å². The molecule has 1 heterocycles. The van der Waals surface area contributed by atoms with E-state index in [0.717, 1.165) is 32.8 Å². The minimum absolute atomic E-state index is 0.146. The molecule has 0 radical (unpaired) electrons. The zero-order chi connectivity index (χ0) is 14.1. The van der Waals surface area contributed by atoms with Crippen LogP contribution in [0, 0.1) is 0 Å². The van der Waals surface area contributed by atoms with Gasteiger partial charge in [0.25, 0.3) is 0 Å². The molecule has 6 nitrogen and oxygen atoms in total. The molecule has 19 heavy (non-hydrogen) atoms. The summed E-state index contributed by atoms with van der Waals surface area (Å²) in [5.74, 6) is -0.292. The van der Waals surface area contributed by atoms with Crippen molar-refractivity contribution in [3.63, 3.8) is 0 Å². The summed E-state index contributed by atoms with van der Waals surface area (Å²) in [6.07, 6.45) is 0.860. The van der Waals surface area contributed by atoms with E-state index in [-0.39, 0.29) is 11.9 Å². The Labute approximate surface area is 114 Å². The average Bonchev–Trinajstić information content (AvgIpc) is 2.83. The highest BCUT2D eigenvalue weighted by Crippen LogP contribution is 2.06. The number of hydrogen-bond donors (Lipinski definition) is 0. The van der Waals surface area contributed by atoms with Gasteiger partial charge in [0.1, 0.15) is 0 Å². The Balaban J connectivity index is 2.12. The summed E-state index contributed by atoms with van der Waals surface area (Å²) in [7, 11) is 0. The fourth-order valence-corrected chi connectivity index (χ4v) is 2.04. The van der Waals surface area contributed by atoms with Gasteiger partial charge in [0.2, 0.25) is 0 Å². The van der Waals surface area contributed by atoms with Gasteiger partial charge in [-0.1, -0.05) is 0 Å². The van der Waals surface area contributed by atoms with Crippen LogP contribution in [0.4, 0.5) is 0 Å². The summed E-state index contributed by atoms with van der Waals surface area (Å²) in [6.45, 7) is 8.59. The molecular weight excluding hydrogens is 248 g/mol. The van der Waals surface area contributed by atoms with Crippen molar-refractivity contribution in [2.75, 3.05) is 46.1 Å².